The lowest BCUT2D eigenvalue weighted by atomic mass is 9.88. The van der Waals surface area contributed by atoms with Gasteiger partial charge in [-0.3, -0.25) is 0 Å². The standard InChI is InChI=1S/C45H30N4Si/c46-29-32-14-20-40(21-15-32)50(38-10-3-1-4-11-38,39-12-5-2-6-13-39)41-22-18-35(19-23-41)36-8-7-9-37(28-36)49-44-24-16-33(30-47)26-42(44)43-27-34(31-48)17-25-45(43)49/h1-28,42,44H. The molecule has 6 aromatic carbocycles. The van der Waals surface area contributed by atoms with E-state index in [1.807, 2.05) is 42.5 Å². The van der Waals surface area contributed by atoms with E-state index in [0.29, 0.717) is 16.7 Å². The summed E-state index contributed by atoms with van der Waals surface area (Å²) in [6, 6.07) is 60.1. The van der Waals surface area contributed by atoms with Crippen LogP contribution in [0, 0.1) is 34.0 Å². The predicted molar refractivity (Wildman–Crippen MR) is 203 cm³/mol. The van der Waals surface area contributed by atoms with Crippen molar-refractivity contribution in [2.24, 2.45) is 0 Å². The lowest BCUT2D eigenvalue weighted by molar-refractivity contribution is 0.741. The van der Waals surface area contributed by atoms with Crippen LogP contribution >= 0.6 is 0 Å². The van der Waals surface area contributed by atoms with Crippen LogP contribution in [0.25, 0.3) is 11.1 Å². The zero-order valence-corrected chi connectivity index (χ0v) is 28.1. The molecule has 1 aliphatic heterocycles. The first-order valence-corrected chi connectivity index (χ1v) is 18.6. The maximum atomic E-state index is 9.65. The molecule has 0 fully saturated rings. The van der Waals surface area contributed by atoms with Gasteiger partial charge in [0.25, 0.3) is 0 Å². The van der Waals surface area contributed by atoms with Gasteiger partial charge in [0.15, 0.2) is 8.07 Å². The fraction of sp³-hybridized carbons (Fsp3) is 0.0444. The zero-order valence-electron chi connectivity index (χ0n) is 27.1. The van der Waals surface area contributed by atoms with E-state index >= 15 is 0 Å². The second-order valence-electron chi connectivity index (χ2n) is 12.7. The highest BCUT2D eigenvalue weighted by Crippen LogP contribution is 2.49. The third-order valence-electron chi connectivity index (χ3n) is 10.0. The molecule has 0 aromatic heterocycles. The SMILES string of the molecule is N#CC1=CC2c3cc(C#N)ccc3N(c3cccc(-c4ccc([Si](c5ccccc5)(c5ccccc5)c5ccc(C#N)cc5)cc4)c3)C2C=C1. The number of hydrogen-bond acceptors (Lipinski definition) is 4. The fourth-order valence-corrected chi connectivity index (χ4v) is 12.5. The van der Waals surface area contributed by atoms with Crippen molar-refractivity contribution in [3.05, 3.63) is 192 Å². The Morgan fingerprint density at radius 1 is 0.520 bits per heavy atom. The lowest BCUT2D eigenvalue weighted by Crippen LogP contribution is -2.74. The number of benzene rings is 6. The van der Waals surface area contributed by atoms with Gasteiger partial charge in [-0.2, -0.15) is 15.8 Å². The maximum absolute atomic E-state index is 9.65. The number of fused-ring (bicyclic) bond motifs is 3. The van der Waals surface area contributed by atoms with Gasteiger partial charge in [-0.15, -0.1) is 0 Å². The molecule has 0 saturated heterocycles. The van der Waals surface area contributed by atoms with Crippen LogP contribution in [0.1, 0.15) is 22.6 Å². The normalized spacial score (nSPS) is 15.9. The van der Waals surface area contributed by atoms with Crippen molar-refractivity contribution in [1.29, 1.82) is 15.8 Å². The molecular weight excluding hydrogens is 625 g/mol. The van der Waals surface area contributed by atoms with Gasteiger partial charge in [-0.1, -0.05) is 121 Å². The Labute approximate surface area is 293 Å². The fourth-order valence-electron chi connectivity index (χ4n) is 7.77. The van der Waals surface area contributed by atoms with Crippen LogP contribution < -0.4 is 25.6 Å². The summed E-state index contributed by atoms with van der Waals surface area (Å²) >= 11 is 0. The molecule has 0 radical (unpaired) electrons. The summed E-state index contributed by atoms with van der Waals surface area (Å²) in [6.45, 7) is 0. The van der Waals surface area contributed by atoms with Crippen LogP contribution in [0.15, 0.2) is 175 Å². The monoisotopic (exact) mass is 654 g/mol. The molecule has 0 amide bonds. The number of nitriles is 3. The maximum Gasteiger partial charge on any atom is 0.179 e. The minimum absolute atomic E-state index is 0.00412. The predicted octanol–water partition coefficient (Wildman–Crippen LogP) is 7.10. The first kappa shape index (κ1) is 30.6. The summed E-state index contributed by atoms with van der Waals surface area (Å²) in [7, 11) is -2.74. The van der Waals surface area contributed by atoms with E-state index in [1.54, 1.807) is 0 Å². The van der Waals surface area contributed by atoms with Crippen molar-refractivity contribution in [2.45, 2.75) is 12.0 Å². The van der Waals surface area contributed by atoms with Crippen molar-refractivity contribution >= 4 is 40.2 Å². The Hall–Kier alpha value is -6.71. The molecule has 50 heavy (non-hydrogen) atoms. The highest BCUT2D eigenvalue weighted by atomic mass is 28.3. The summed E-state index contributed by atoms with van der Waals surface area (Å²) in [4.78, 5) is 2.33. The van der Waals surface area contributed by atoms with Gasteiger partial charge < -0.3 is 4.90 Å². The Morgan fingerprint density at radius 3 is 1.74 bits per heavy atom. The molecule has 2 unspecified atom stereocenters. The van der Waals surface area contributed by atoms with Crippen LogP contribution in [0.4, 0.5) is 11.4 Å². The van der Waals surface area contributed by atoms with E-state index < -0.39 is 8.07 Å². The Balaban J connectivity index is 1.23. The molecule has 2 aliphatic rings. The molecule has 0 saturated carbocycles. The highest BCUT2D eigenvalue weighted by molar-refractivity contribution is 7.19. The molecule has 0 N–H and O–H groups in total. The Kier molecular flexibility index (Phi) is 7.79. The smallest absolute Gasteiger partial charge is 0.179 e. The average molecular weight is 655 g/mol. The summed E-state index contributed by atoms with van der Waals surface area (Å²) in [5, 5.41) is 33.9. The van der Waals surface area contributed by atoms with Crippen LogP contribution in [0.5, 0.6) is 0 Å². The van der Waals surface area contributed by atoms with Crippen LogP contribution in [-0.2, 0) is 0 Å². The summed E-state index contributed by atoms with van der Waals surface area (Å²) in [6.07, 6.45) is 6.03. The summed E-state index contributed by atoms with van der Waals surface area (Å²) < 4.78 is 0. The van der Waals surface area contributed by atoms with E-state index in [9.17, 15) is 15.8 Å². The number of rotatable bonds is 6. The zero-order chi connectivity index (χ0) is 34.1. The molecule has 234 valence electrons. The molecule has 0 spiro atoms. The molecule has 1 heterocycles. The van der Waals surface area contributed by atoms with Crippen molar-refractivity contribution in [3.63, 3.8) is 0 Å². The lowest BCUT2D eigenvalue weighted by Gasteiger charge is -2.34. The molecule has 0 bridgehead atoms. The van der Waals surface area contributed by atoms with Crippen LogP contribution in [0.3, 0.4) is 0 Å². The quantitative estimate of drug-likeness (QED) is 0.142. The Bertz CT molecular complexity index is 2370. The number of allylic oxidation sites excluding steroid dienone is 2. The largest absolute Gasteiger partial charge is 0.333 e. The number of hydrogen-bond donors (Lipinski definition) is 0. The van der Waals surface area contributed by atoms with Gasteiger partial charge in [-0.25, -0.2) is 0 Å². The van der Waals surface area contributed by atoms with Gasteiger partial charge in [0.05, 0.1) is 35.4 Å². The van der Waals surface area contributed by atoms with E-state index in [2.05, 4.69) is 151 Å². The van der Waals surface area contributed by atoms with Crippen molar-refractivity contribution in [1.82, 2.24) is 0 Å². The number of nitrogens with zero attached hydrogens (tertiary/aromatic N) is 4. The van der Waals surface area contributed by atoms with E-state index in [-0.39, 0.29) is 12.0 Å². The topological polar surface area (TPSA) is 74.6 Å². The Morgan fingerprint density at radius 2 is 1.12 bits per heavy atom. The molecule has 5 heteroatoms. The van der Waals surface area contributed by atoms with Gasteiger partial charge in [0.1, 0.15) is 0 Å². The molecule has 2 atom stereocenters. The van der Waals surface area contributed by atoms with Gasteiger partial charge in [-0.05, 0) is 86.0 Å². The van der Waals surface area contributed by atoms with E-state index in [1.165, 1.54) is 20.7 Å². The summed E-state index contributed by atoms with van der Waals surface area (Å²) in [5.41, 5.74) is 7.29. The molecule has 4 nitrogen and oxygen atoms in total. The second-order valence-corrected chi connectivity index (χ2v) is 16.5. The van der Waals surface area contributed by atoms with Crippen molar-refractivity contribution < 1.29 is 0 Å². The molecule has 1 aliphatic carbocycles. The van der Waals surface area contributed by atoms with E-state index in [0.717, 1.165) is 28.1 Å². The van der Waals surface area contributed by atoms with Gasteiger partial charge in [0, 0.05) is 22.9 Å². The van der Waals surface area contributed by atoms with Crippen LogP contribution in [0.2, 0.25) is 0 Å². The first-order valence-electron chi connectivity index (χ1n) is 16.6. The van der Waals surface area contributed by atoms with Crippen molar-refractivity contribution in [3.8, 4) is 29.3 Å². The second kappa shape index (κ2) is 12.7. The third-order valence-corrected chi connectivity index (χ3v) is 14.8. The highest BCUT2D eigenvalue weighted by Gasteiger charge is 2.42. The summed E-state index contributed by atoms with van der Waals surface area (Å²) in [5.74, 6) is -0.0165. The molecule has 6 aromatic rings. The molecular formula is C45H30N4Si. The third kappa shape index (κ3) is 5.04. The van der Waals surface area contributed by atoms with Gasteiger partial charge in [0.2, 0.25) is 0 Å². The minimum Gasteiger partial charge on any atom is -0.333 e. The van der Waals surface area contributed by atoms with Gasteiger partial charge >= 0.3 is 0 Å². The van der Waals surface area contributed by atoms with Crippen LogP contribution in [-0.4, -0.2) is 14.1 Å². The van der Waals surface area contributed by atoms with Crippen molar-refractivity contribution in [2.75, 3.05) is 4.90 Å². The first-order chi connectivity index (χ1) is 24.6. The molecule has 8 rings (SSSR count). The number of anilines is 2. The average Bonchev–Trinajstić information content (AvgIpc) is 3.52. The minimum atomic E-state index is -2.74. The van der Waals surface area contributed by atoms with E-state index in [4.69, 9.17) is 0 Å².